The zero-order valence-corrected chi connectivity index (χ0v) is 9.63. The van der Waals surface area contributed by atoms with Gasteiger partial charge in [-0.3, -0.25) is 4.79 Å². The summed E-state index contributed by atoms with van der Waals surface area (Å²) in [6, 6.07) is 0. The highest BCUT2D eigenvalue weighted by molar-refractivity contribution is 5.81. The van der Waals surface area contributed by atoms with E-state index in [0.29, 0.717) is 11.8 Å². The highest BCUT2D eigenvalue weighted by Gasteiger charge is 2.40. The van der Waals surface area contributed by atoms with Crippen LogP contribution < -0.4 is 0 Å². The third kappa shape index (κ3) is 2.75. The van der Waals surface area contributed by atoms with Crippen LogP contribution in [0.25, 0.3) is 0 Å². The number of hydrogen-bond donors (Lipinski definition) is 0. The van der Waals surface area contributed by atoms with E-state index in [9.17, 15) is 9.59 Å². The largest absolute Gasteiger partial charge is 0.462 e. The first kappa shape index (κ1) is 11.9. The van der Waals surface area contributed by atoms with Crippen LogP contribution in [0.5, 0.6) is 0 Å². The van der Waals surface area contributed by atoms with E-state index in [-0.39, 0.29) is 25.1 Å². The number of carbonyl (C=O) groups excluding carboxylic acids is 2. The monoisotopic (exact) mass is 236 g/mol. The number of rotatable bonds is 5. The molecule has 3 unspecified atom stereocenters. The predicted octanol–water partition coefficient (Wildman–Crippen LogP) is 1.47. The van der Waals surface area contributed by atoms with Crippen LogP contribution >= 0.6 is 0 Å². The van der Waals surface area contributed by atoms with Crippen molar-refractivity contribution in [3.05, 3.63) is 24.8 Å². The van der Waals surface area contributed by atoms with Gasteiger partial charge in [-0.25, -0.2) is 4.79 Å². The molecule has 92 valence electrons. The van der Waals surface area contributed by atoms with Gasteiger partial charge in [-0.1, -0.05) is 18.7 Å². The molecule has 0 radical (unpaired) electrons. The van der Waals surface area contributed by atoms with Gasteiger partial charge in [-0.15, -0.1) is 0 Å². The minimum absolute atomic E-state index is 0.0000980. The summed E-state index contributed by atoms with van der Waals surface area (Å²) in [7, 11) is 0. The Kier molecular flexibility index (Phi) is 3.61. The van der Waals surface area contributed by atoms with E-state index in [1.54, 1.807) is 0 Å². The fraction of sp³-hybridized carbons (Fsp3) is 0.538. The third-order valence-corrected chi connectivity index (χ3v) is 3.32. The molecule has 2 bridgehead atoms. The summed E-state index contributed by atoms with van der Waals surface area (Å²) in [5, 5.41) is 0. The highest BCUT2D eigenvalue weighted by atomic mass is 16.6. The zero-order chi connectivity index (χ0) is 12.3. The quantitative estimate of drug-likeness (QED) is 0.314. The van der Waals surface area contributed by atoms with Gasteiger partial charge in [0.15, 0.2) is 0 Å². The average molecular weight is 236 g/mol. The molecule has 0 spiro atoms. The maximum absolute atomic E-state index is 11.7. The number of carbonyl (C=O) groups is 2. The first-order valence-corrected chi connectivity index (χ1v) is 5.85. The molecule has 0 aromatic heterocycles. The number of ether oxygens (including phenoxy) is 2. The van der Waals surface area contributed by atoms with Crippen molar-refractivity contribution in [2.75, 3.05) is 13.2 Å². The van der Waals surface area contributed by atoms with Gasteiger partial charge in [0.05, 0.1) is 5.92 Å². The molecule has 0 heterocycles. The Morgan fingerprint density at radius 1 is 1.24 bits per heavy atom. The van der Waals surface area contributed by atoms with E-state index in [2.05, 4.69) is 18.7 Å². The lowest BCUT2D eigenvalue weighted by Crippen LogP contribution is -2.23. The summed E-state index contributed by atoms with van der Waals surface area (Å²) in [6.45, 7) is 3.49. The fourth-order valence-electron chi connectivity index (χ4n) is 2.50. The number of fused-ring (bicyclic) bond motifs is 2. The smallest absolute Gasteiger partial charge is 0.330 e. The molecule has 4 heteroatoms. The van der Waals surface area contributed by atoms with Crippen LogP contribution in [0.15, 0.2) is 24.8 Å². The highest BCUT2D eigenvalue weighted by Crippen LogP contribution is 2.43. The van der Waals surface area contributed by atoms with Crippen LogP contribution in [-0.4, -0.2) is 25.2 Å². The Hall–Kier alpha value is -1.58. The summed E-state index contributed by atoms with van der Waals surface area (Å²) >= 11 is 0. The van der Waals surface area contributed by atoms with Crippen molar-refractivity contribution in [1.82, 2.24) is 0 Å². The van der Waals surface area contributed by atoms with Gasteiger partial charge in [-0.2, -0.15) is 0 Å². The predicted molar refractivity (Wildman–Crippen MR) is 61.0 cm³/mol. The van der Waals surface area contributed by atoms with Gasteiger partial charge in [0.2, 0.25) is 0 Å². The van der Waals surface area contributed by atoms with E-state index in [4.69, 9.17) is 9.47 Å². The molecule has 1 fully saturated rings. The molecule has 0 amide bonds. The average Bonchev–Trinajstić information content (AvgIpc) is 2.96. The van der Waals surface area contributed by atoms with E-state index >= 15 is 0 Å². The zero-order valence-electron chi connectivity index (χ0n) is 9.63. The van der Waals surface area contributed by atoms with Crippen molar-refractivity contribution in [2.45, 2.75) is 12.8 Å². The van der Waals surface area contributed by atoms with Gasteiger partial charge < -0.3 is 9.47 Å². The summed E-state index contributed by atoms with van der Waals surface area (Å²) in [5.74, 6) is 0.236. The molecule has 0 saturated heterocycles. The van der Waals surface area contributed by atoms with Crippen LogP contribution in [0.3, 0.4) is 0 Å². The normalized spacial score (nSPS) is 29.1. The second-order valence-electron chi connectivity index (χ2n) is 4.43. The van der Waals surface area contributed by atoms with Gasteiger partial charge in [-0.05, 0) is 24.7 Å². The summed E-state index contributed by atoms with van der Waals surface area (Å²) in [5.41, 5.74) is 0. The lowest BCUT2D eigenvalue weighted by Gasteiger charge is -2.16. The molecule has 1 saturated carbocycles. The Bertz CT molecular complexity index is 358. The molecule has 2 rings (SSSR count). The number of hydrogen-bond acceptors (Lipinski definition) is 4. The Morgan fingerprint density at radius 2 is 2.00 bits per heavy atom. The molecule has 2 aliphatic carbocycles. The molecule has 0 aromatic rings. The van der Waals surface area contributed by atoms with E-state index in [1.165, 1.54) is 0 Å². The standard InChI is InChI=1S/C13H16O4/c1-2-12(14)16-5-6-17-13(15)11-8-9-3-4-10(11)7-9/h2-4,9-11H,1,5-8H2. The van der Waals surface area contributed by atoms with Gasteiger partial charge in [0.1, 0.15) is 13.2 Å². The molecule has 0 aromatic carbocycles. The lowest BCUT2D eigenvalue weighted by molar-refractivity contribution is -0.154. The van der Waals surface area contributed by atoms with E-state index in [0.717, 1.165) is 18.9 Å². The second-order valence-corrected chi connectivity index (χ2v) is 4.43. The van der Waals surface area contributed by atoms with Crippen LogP contribution in [0.4, 0.5) is 0 Å². The van der Waals surface area contributed by atoms with Gasteiger partial charge in [0.25, 0.3) is 0 Å². The first-order valence-electron chi connectivity index (χ1n) is 5.85. The number of esters is 2. The molecule has 0 aliphatic heterocycles. The van der Waals surface area contributed by atoms with Crippen LogP contribution in [0, 0.1) is 17.8 Å². The van der Waals surface area contributed by atoms with Crippen molar-refractivity contribution in [3.8, 4) is 0 Å². The molecule has 0 N–H and O–H groups in total. The maximum Gasteiger partial charge on any atom is 0.330 e. The van der Waals surface area contributed by atoms with E-state index in [1.807, 2.05) is 0 Å². The summed E-state index contributed by atoms with van der Waals surface area (Å²) in [4.78, 5) is 22.5. The van der Waals surface area contributed by atoms with Crippen molar-refractivity contribution in [3.63, 3.8) is 0 Å². The lowest BCUT2D eigenvalue weighted by atomic mass is 9.94. The van der Waals surface area contributed by atoms with Crippen molar-refractivity contribution >= 4 is 11.9 Å². The molecular weight excluding hydrogens is 220 g/mol. The van der Waals surface area contributed by atoms with E-state index < -0.39 is 5.97 Å². The fourth-order valence-corrected chi connectivity index (χ4v) is 2.50. The molecule has 2 aliphatic rings. The SMILES string of the molecule is C=CC(=O)OCCOC(=O)C1CC2C=CC1C2. The minimum Gasteiger partial charge on any atom is -0.462 e. The van der Waals surface area contributed by atoms with Crippen molar-refractivity contribution in [2.24, 2.45) is 17.8 Å². The minimum atomic E-state index is -0.496. The van der Waals surface area contributed by atoms with Crippen LogP contribution in [0.2, 0.25) is 0 Å². The van der Waals surface area contributed by atoms with Gasteiger partial charge >= 0.3 is 11.9 Å². The van der Waals surface area contributed by atoms with Crippen molar-refractivity contribution in [1.29, 1.82) is 0 Å². The molecule has 17 heavy (non-hydrogen) atoms. The summed E-state index contributed by atoms with van der Waals surface area (Å²) in [6.07, 6.45) is 7.35. The Labute approximate surface area is 100 Å². The first-order chi connectivity index (χ1) is 8.20. The molecule has 3 atom stereocenters. The Morgan fingerprint density at radius 3 is 2.59 bits per heavy atom. The Balaban J connectivity index is 1.66. The summed E-state index contributed by atoms with van der Waals surface area (Å²) < 4.78 is 9.81. The van der Waals surface area contributed by atoms with Crippen LogP contribution in [0.1, 0.15) is 12.8 Å². The second kappa shape index (κ2) is 5.17. The third-order valence-electron chi connectivity index (χ3n) is 3.32. The topological polar surface area (TPSA) is 52.6 Å². The van der Waals surface area contributed by atoms with Crippen molar-refractivity contribution < 1.29 is 19.1 Å². The number of allylic oxidation sites excluding steroid dienone is 2. The molecule has 4 nitrogen and oxygen atoms in total. The molecular formula is C13H16O4. The maximum atomic E-state index is 11.7. The van der Waals surface area contributed by atoms with Crippen LogP contribution in [-0.2, 0) is 19.1 Å². The van der Waals surface area contributed by atoms with Gasteiger partial charge in [0, 0.05) is 6.08 Å².